The Bertz CT molecular complexity index is 1040. The molecule has 2 fully saturated rings. The van der Waals surface area contributed by atoms with Crippen LogP contribution in [0, 0.1) is 6.92 Å². The van der Waals surface area contributed by atoms with E-state index in [1.54, 1.807) is 30.3 Å². The first-order valence-corrected chi connectivity index (χ1v) is 11.9. The number of anilines is 1. The Kier molecular flexibility index (Phi) is 5.90. The van der Waals surface area contributed by atoms with Crippen LogP contribution in [0.3, 0.4) is 0 Å². The Labute approximate surface area is 182 Å². The van der Waals surface area contributed by atoms with E-state index in [0.717, 1.165) is 30.4 Å². The van der Waals surface area contributed by atoms with Gasteiger partial charge in [-0.1, -0.05) is 36.2 Å². The van der Waals surface area contributed by atoms with Crippen LogP contribution in [0.4, 0.5) is 5.69 Å². The number of ether oxygens (including phenoxy) is 1. The topological polar surface area (TPSA) is 75.7 Å². The van der Waals surface area contributed by atoms with Crippen molar-refractivity contribution in [1.82, 2.24) is 4.31 Å². The van der Waals surface area contributed by atoms with Crippen LogP contribution in [0.5, 0.6) is 0 Å². The summed E-state index contributed by atoms with van der Waals surface area (Å²) in [6.45, 7) is 3.29. The first kappa shape index (κ1) is 21.3. The number of rotatable bonds is 5. The summed E-state index contributed by atoms with van der Waals surface area (Å²) in [5.74, 6) is -0.111. The third kappa shape index (κ3) is 3.87. The number of morpholine rings is 1. The van der Waals surface area contributed by atoms with E-state index < -0.39 is 15.4 Å². The number of nitrogens with zero attached hydrogens (tertiary/aromatic N) is 1. The number of hydrogen-bond acceptors (Lipinski definition) is 4. The molecular weight excluding hydrogens is 424 g/mol. The summed E-state index contributed by atoms with van der Waals surface area (Å²) in [4.78, 5) is 13.5. The molecule has 2 aliphatic rings. The Morgan fingerprint density at radius 3 is 2.37 bits per heavy atom. The van der Waals surface area contributed by atoms with Gasteiger partial charge in [0.25, 0.3) is 0 Å². The highest BCUT2D eigenvalue weighted by atomic mass is 35.5. The van der Waals surface area contributed by atoms with Gasteiger partial charge in [-0.05, 0) is 55.2 Å². The van der Waals surface area contributed by atoms with Crippen molar-refractivity contribution in [3.8, 4) is 0 Å². The van der Waals surface area contributed by atoms with Crippen molar-refractivity contribution in [2.24, 2.45) is 0 Å². The standard InChI is InChI=1S/C22H25ClN2O4S/c1-16-3-8-19(30(27,28)25-11-13-29-14-12-25)15-20(16)24-21(26)22(9-2-10-22)17-4-6-18(23)7-5-17/h3-8,15H,2,9-14H2,1H3,(H,24,26). The summed E-state index contributed by atoms with van der Waals surface area (Å²) in [5, 5.41) is 3.63. The SMILES string of the molecule is Cc1ccc(S(=O)(=O)N2CCOCC2)cc1NC(=O)C1(c2ccc(Cl)cc2)CCC1. The van der Waals surface area contributed by atoms with E-state index in [1.165, 1.54) is 4.31 Å². The highest BCUT2D eigenvalue weighted by Gasteiger charge is 2.45. The second-order valence-corrected chi connectivity index (χ2v) is 10.3. The van der Waals surface area contributed by atoms with E-state index in [1.807, 2.05) is 19.1 Å². The molecule has 1 heterocycles. The molecule has 1 aliphatic carbocycles. The van der Waals surface area contributed by atoms with Crippen LogP contribution in [0.2, 0.25) is 5.02 Å². The van der Waals surface area contributed by atoms with E-state index in [-0.39, 0.29) is 10.8 Å². The number of halogens is 1. The Morgan fingerprint density at radius 1 is 1.10 bits per heavy atom. The minimum atomic E-state index is -3.63. The Hall–Kier alpha value is -1.93. The maximum atomic E-state index is 13.3. The van der Waals surface area contributed by atoms with Gasteiger partial charge in [-0.2, -0.15) is 4.31 Å². The van der Waals surface area contributed by atoms with Crippen molar-refractivity contribution < 1.29 is 17.9 Å². The van der Waals surface area contributed by atoms with E-state index in [0.29, 0.717) is 37.0 Å². The molecule has 30 heavy (non-hydrogen) atoms. The summed E-state index contributed by atoms with van der Waals surface area (Å²) in [5.41, 5.74) is 1.67. The molecule has 0 bridgehead atoms. The summed E-state index contributed by atoms with van der Waals surface area (Å²) < 4.78 is 32.7. The van der Waals surface area contributed by atoms with Gasteiger partial charge in [-0.15, -0.1) is 0 Å². The number of benzene rings is 2. The fourth-order valence-electron chi connectivity index (χ4n) is 4.02. The number of sulfonamides is 1. The van der Waals surface area contributed by atoms with Crippen molar-refractivity contribution in [1.29, 1.82) is 0 Å². The van der Waals surface area contributed by atoms with Gasteiger partial charge in [0.2, 0.25) is 15.9 Å². The highest BCUT2D eigenvalue weighted by Crippen LogP contribution is 2.45. The molecule has 1 saturated carbocycles. The van der Waals surface area contributed by atoms with E-state index in [9.17, 15) is 13.2 Å². The van der Waals surface area contributed by atoms with Crippen molar-refractivity contribution in [3.05, 3.63) is 58.6 Å². The predicted molar refractivity (Wildman–Crippen MR) is 116 cm³/mol. The zero-order valence-electron chi connectivity index (χ0n) is 16.9. The molecule has 2 aromatic carbocycles. The largest absolute Gasteiger partial charge is 0.379 e. The zero-order valence-corrected chi connectivity index (χ0v) is 18.4. The monoisotopic (exact) mass is 448 g/mol. The molecule has 2 aromatic rings. The molecule has 160 valence electrons. The smallest absolute Gasteiger partial charge is 0.243 e. The molecule has 0 atom stereocenters. The van der Waals surface area contributed by atoms with Crippen LogP contribution in [0.15, 0.2) is 47.4 Å². The average molecular weight is 449 g/mol. The maximum Gasteiger partial charge on any atom is 0.243 e. The minimum absolute atomic E-state index is 0.111. The Morgan fingerprint density at radius 2 is 1.77 bits per heavy atom. The number of nitrogens with one attached hydrogen (secondary N) is 1. The van der Waals surface area contributed by atoms with Gasteiger partial charge in [-0.3, -0.25) is 4.79 Å². The number of aryl methyl sites for hydroxylation is 1. The normalized spacial score (nSPS) is 19.1. The molecule has 0 unspecified atom stereocenters. The fraction of sp³-hybridized carbons (Fsp3) is 0.409. The second kappa shape index (κ2) is 8.30. The molecule has 1 aliphatic heterocycles. The van der Waals surface area contributed by atoms with Gasteiger partial charge in [0.05, 0.1) is 23.5 Å². The van der Waals surface area contributed by atoms with Crippen molar-refractivity contribution in [2.75, 3.05) is 31.6 Å². The maximum absolute atomic E-state index is 13.3. The number of amides is 1. The second-order valence-electron chi connectivity index (χ2n) is 7.89. The van der Waals surface area contributed by atoms with Crippen LogP contribution in [-0.4, -0.2) is 44.9 Å². The lowest BCUT2D eigenvalue weighted by molar-refractivity contribution is -0.124. The number of carbonyl (C=O) groups is 1. The number of carbonyl (C=O) groups excluding carboxylic acids is 1. The van der Waals surface area contributed by atoms with Crippen molar-refractivity contribution >= 4 is 33.2 Å². The van der Waals surface area contributed by atoms with Crippen LogP contribution in [0.1, 0.15) is 30.4 Å². The number of hydrogen-bond donors (Lipinski definition) is 1. The molecule has 8 heteroatoms. The molecule has 1 amide bonds. The molecular formula is C22H25ClN2O4S. The van der Waals surface area contributed by atoms with Gasteiger partial charge in [0.15, 0.2) is 0 Å². The van der Waals surface area contributed by atoms with E-state index in [2.05, 4.69) is 5.32 Å². The quantitative estimate of drug-likeness (QED) is 0.756. The molecule has 1 N–H and O–H groups in total. The third-order valence-electron chi connectivity index (χ3n) is 6.10. The van der Waals surface area contributed by atoms with E-state index >= 15 is 0 Å². The fourth-order valence-corrected chi connectivity index (χ4v) is 5.58. The summed E-state index contributed by atoms with van der Waals surface area (Å²) in [6, 6.07) is 12.3. The zero-order chi connectivity index (χ0) is 21.4. The molecule has 0 spiro atoms. The minimum Gasteiger partial charge on any atom is -0.379 e. The Balaban J connectivity index is 1.60. The highest BCUT2D eigenvalue weighted by molar-refractivity contribution is 7.89. The lowest BCUT2D eigenvalue weighted by atomic mass is 9.64. The van der Waals surface area contributed by atoms with Gasteiger partial charge >= 0.3 is 0 Å². The molecule has 4 rings (SSSR count). The predicted octanol–water partition coefficient (Wildman–Crippen LogP) is 3.73. The van der Waals surface area contributed by atoms with Gasteiger partial charge < -0.3 is 10.1 Å². The van der Waals surface area contributed by atoms with Gasteiger partial charge in [-0.25, -0.2) is 8.42 Å². The van der Waals surface area contributed by atoms with E-state index in [4.69, 9.17) is 16.3 Å². The first-order valence-electron chi connectivity index (χ1n) is 10.1. The molecule has 1 saturated heterocycles. The average Bonchev–Trinajstić information content (AvgIpc) is 2.71. The van der Waals surface area contributed by atoms with Gasteiger partial charge in [0.1, 0.15) is 0 Å². The summed E-state index contributed by atoms with van der Waals surface area (Å²) >= 11 is 6.01. The van der Waals surface area contributed by atoms with Crippen LogP contribution in [-0.2, 0) is 25.0 Å². The first-order chi connectivity index (χ1) is 14.3. The van der Waals surface area contributed by atoms with Gasteiger partial charge in [0, 0.05) is 23.8 Å². The third-order valence-corrected chi connectivity index (χ3v) is 8.25. The lowest BCUT2D eigenvalue weighted by Gasteiger charge is -2.41. The summed E-state index contributed by atoms with van der Waals surface area (Å²) in [7, 11) is -3.63. The van der Waals surface area contributed by atoms with Crippen LogP contribution < -0.4 is 5.32 Å². The molecule has 0 aromatic heterocycles. The van der Waals surface area contributed by atoms with Crippen LogP contribution in [0.25, 0.3) is 0 Å². The lowest BCUT2D eigenvalue weighted by Crippen LogP contribution is -2.46. The van der Waals surface area contributed by atoms with Crippen molar-refractivity contribution in [3.63, 3.8) is 0 Å². The van der Waals surface area contributed by atoms with Crippen molar-refractivity contribution in [2.45, 2.75) is 36.5 Å². The summed E-state index contributed by atoms with van der Waals surface area (Å²) in [6.07, 6.45) is 2.48. The molecule has 6 nitrogen and oxygen atoms in total. The molecule has 0 radical (unpaired) electrons. The van der Waals surface area contributed by atoms with Crippen LogP contribution >= 0.6 is 11.6 Å².